The van der Waals surface area contributed by atoms with Crippen molar-refractivity contribution in [2.75, 3.05) is 35.4 Å². The Balaban J connectivity index is 1.46. The molecule has 2 fully saturated rings. The summed E-state index contributed by atoms with van der Waals surface area (Å²) in [4.78, 5) is 24.0. The molecule has 2 amide bonds. The van der Waals surface area contributed by atoms with Gasteiger partial charge in [-0.2, -0.15) is 0 Å². The number of nitrogens with one attached hydrogen (secondary N) is 2. The number of thioether (sulfide) groups is 2. The van der Waals surface area contributed by atoms with Crippen LogP contribution in [0, 0.1) is 0 Å². The molecule has 0 bridgehead atoms. The van der Waals surface area contributed by atoms with Gasteiger partial charge in [0.05, 0.1) is 11.4 Å². The average molecular weight is 461 g/mol. The Labute approximate surface area is 180 Å². The summed E-state index contributed by atoms with van der Waals surface area (Å²) in [6.45, 7) is 0.162. The number of rotatable bonds is 6. The molecule has 1 aromatic rings. The van der Waals surface area contributed by atoms with E-state index in [4.69, 9.17) is 43.4 Å². The van der Waals surface area contributed by atoms with Gasteiger partial charge in [-0.05, 0) is 36.6 Å². The van der Waals surface area contributed by atoms with Gasteiger partial charge in [-0.1, -0.05) is 35.7 Å². The smallest absolute Gasteiger partial charge is 0.411 e. The monoisotopic (exact) mass is 460 g/mol. The predicted molar refractivity (Wildman–Crippen MR) is 116 cm³/mol. The molecule has 2 heterocycles. The van der Waals surface area contributed by atoms with E-state index in [0.29, 0.717) is 31.6 Å². The van der Waals surface area contributed by atoms with E-state index in [1.165, 1.54) is 23.5 Å². The van der Waals surface area contributed by atoms with Crippen LogP contribution in [0.5, 0.6) is 0 Å². The van der Waals surface area contributed by atoms with E-state index in [1.807, 2.05) is 0 Å². The van der Waals surface area contributed by atoms with Crippen molar-refractivity contribution < 1.29 is 28.5 Å². The Morgan fingerprint density at radius 2 is 1.36 bits per heavy atom. The summed E-state index contributed by atoms with van der Waals surface area (Å²) in [5, 5.41) is 5.16. The number of amides is 2. The molecule has 2 aliphatic heterocycles. The summed E-state index contributed by atoms with van der Waals surface area (Å²) in [7, 11) is 0. The first-order chi connectivity index (χ1) is 13.5. The third-order valence-electron chi connectivity index (χ3n) is 3.50. The molecule has 8 nitrogen and oxygen atoms in total. The largest absolute Gasteiger partial charge is 0.471 e. The predicted octanol–water partition coefficient (Wildman–Crippen LogP) is 3.62. The lowest BCUT2D eigenvalue weighted by Gasteiger charge is -2.14. The Morgan fingerprint density at radius 3 is 1.71 bits per heavy atom. The number of ether oxygens (including phenoxy) is 4. The van der Waals surface area contributed by atoms with Gasteiger partial charge in [0.1, 0.15) is 25.4 Å². The second-order valence-corrected chi connectivity index (χ2v) is 8.84. The van der Waals surface area contributed by atoms with Gasteiger partial charge in [-0.25, -0.2) is 9.59 Å². The maximum atomic E-state index is 12.0. The van der Waals surface area contributed by atoms with Crippen LogP contribution in [0.1, 0.15) is 0 Å². The third-order valence-corrected chi connectivity index (χ3v) is 6.14. The summed E-state index contributed by atoms with van der Waals surface area (Å²) in [6, 6.07) is 6.68. The second kappa shape index (κ2) is 10.1. The van der Waals surface area contributed by atoms with Crippen molar-refractivity contribution in [3.63, 3.8) is 0 Å². The van der Waals surface area contributed by atoms with Crippen LogP contribution in [0.2, 0.25) is 0 Å². The lowest BCUT2D eigenvalue weighted by molar-refractivity contribution is 0.103. The average Bonchev–Trinajstić information content (AvgIpc) is 3.28. The maximum Gasteiger partial charge on any atom is 0.411 e. The number of para-hydroxylation sites is 2. The summed E-state index contributed by atoms with van der Waals surface area (Å²) >= 11 is 12.6. The summed E-state index contributed by atoms with van der Waals surface area (Å²) in [6.07, 6.45) is -1.84. The zero-order chi connectivity index (χ0) is 19.9. The molecule has 2 unspecified atom stereocenters. The molecular weight excluding hydrogens is 444 g/mol. The van der Waals surface area contributed by atoms with Gasteiger partial charge in [0.25, 0.3) is 0 Å². The molecule has 12 heteroatoms. The molecular formula is C16H16N2O6S4. The van der Waals surface area contributed by atoms with Gasteiger partial charge in [0.15, 0.2) is 0 Å². The van der Waals surface area contributed by atoms with Crippen LogP contribution in [-0.4, -0.2) is 57.9 Å². The molecule has 2 N–H and O–H groups in total. The maximum absolute atomic E-state index is 12.0. The van der Waals surface area contributed by atoms with Crippen molar-refractivity contribution in [3.05, 3.63) is 24.3 Å². The fraction of sp³-hybridized carbons (Fsp3) is 0.375. The van der Waals surface area contributed by atoms with Crippen molar-refractivity contribution in [3.8, 4) is 0 Å². The van der Waals surface area contributed by atoms with Crippen LogP contribution >= 0.6 is 48.0 Å². The first-order valence-corrected chi connectivity index (χ1v) is 10.9. The number of thiocarbonyl (C=S) groups is 2. The number of hydrogen-bond donors (Lipinski definition) is 2. The molecule has 150 valence electrons. The number of benzene rings is 1. The van der Waals surface area contributed by atoms with Crippen molar-refractivity contribution in [1.29, 1.82) is 0 Å². The van der Waals surface area contributed by atoms with Crippen LogP contribution in [0.3, 0.4) is 0 Å². The van der Waals surface area contributed by atoms with Crippen molar-refractivity contribution in [2.24, 2.45) is 0 Å². The lowest BCUT2D eigenvalue weighted by Crippen LogP contribution is -2.25. The summed E-state index contributed by atoms with van der Waals surface area (Å²) in [5.41, 5.74) is 0.742. The highest BCUT2D eigenvalue weighted by Gasteiger charge is 2.24. The normalized spacial score (nSPS) is 20.9. The van der Waals surface area contributed by atoms with E-state index >= 15 is 0 Å². The van der Waals surface area contributed by atoms with Crippen LogP contribution < -0.4 is 10.6 Å². The first kappa shape index (κ1) is 21.0. The zero-order valence-corrected chi connectivity index (χ0v) is 17.6. The quantitative estimate of drug-likeness (QED) is 0.613. The summed E-state index contributed by atoms with van der Waals surface area (Å²) in [5.74, 6) is 1.29. The van der Waals surface area contributed by atoms with E-state index in [9.17, 15) is 9.59 Å². The molecule has 0 spiro atoms. The van der Waals surface area contributed by atoms with E-state index in [0.717, 1.165) is 0 Å². The van der Waals surface area contributed by atoms with Gasteiger partial charge in [-0.3, -0.25) is 10.6 Å². The molecule has 1 aromatic carbocycles. The lowest BCUT2D eigenvalue weighted by atomic mass is 10.2. The fourth-order valence-corrected chi connectivity index (χ4v) is 4.29. The molecule has 0 saturated carbocycles. The van der Waals surface area contributed by atoms with Gasteiger partial charge < -0.3 is 18.9 Å². The van der Waals surface area contributed by atoms with E-state index < -0.39 is 12.2 Å². The molecule has 2 saturated heterocycles. The molecule has 2 aliphatic rings. The van der Waals surface area contributed by atoms with Crippen LogP contribution in [-0.2, 0) is 18.9 Å². The van der Waals surface area contributed by atoms with Gasteiger partial charge >= 0.3 is 12.2 Å². The highest BCUT2D eigenvalue weighted by molar-refractivity contribution is 8.23. The highest BCUT2D eigenvalue weighted by Crippen LogP contribution is 2.23. The number of anilines is 2. The van der Waals surface area contributed by atoms with Crippen LogP contribution in [0.4, 0.5) is 21.0 Å². The van der Waals surface area contributed by atoms with Crippen molar-refractivity contribution >= 4 is 80.3 Å². The highest BCUT2D eigenvalue weighted by atomic mass is 32.2. The van der Waals surface area contributed by atoms with E-state index in [1.54, 1.807) is 24.3 Å². The standard InChI is InChI=1S/C16H16N2O6S4/c19-13(21-5-9-7-27-15(25)23-9)17-11-3-1-2-4-12(11)18-14(20)22-6-10-8-28-16(26)24-10/h1-4,9-10H,5-8H2,(H,17,19)(H,18,20). The minimum absolute atomic E-state index is 0.0812. The van der Waals surface area contributed by atoms with Gasteiger partial charge in [-0.15, -0.1) is 0 Å². The Kier molecular flexibility index (Phi) is 7.59. The van der Waals surface area contributed by atoms with Gasteiger partial charge in [0.2, 0.25) is 8.77 Å². The Bertz CT molecular complexity index is 714. The number of carbonyl (C=O) groups excluding carboxylic acids is 2. The zero-order valence-electron chi connectivity index (χ0n) is 14.4. The Hall–Kier alpha value is -1.76. The number of carbonyl (C=O) groups is 2. The topological polar surface area (TPSA) is 95.1 Å². The van der Waals surface area contributed by atoms with Crippen molar-refractivity contribution in [2.45, 2.75) is 12.2 Å². The molecule has 28 heavy (non-hydrogen) atoms. The van der Waals surface area contributed by atoms with Crippen LogP contribution in [0.25, 0.3) is 0 Å². The molecule has 0 radical (unpaired) electrons. The molecule has 0 aromatic heterocycles. The number of hydrogen-bond acceptors (Lipinski definition) is 10. The molecule has 3 rings (SSSR count). The van der Waals surface area contributed by atoms with E-state index in [2.05, 4.69) is 10.6 Å². The minimum atomic E-state index is -0.668. The Morgan fingerprint density at radius 1 is 0.929 bits per heavy atom. The fourth-order valence-electron chi connectivity index (χ4n) is 2.22. The van der Waals surface area contributed by atoms with E-state index in [-0.39, 0.29) is 25.4 Å². The van der Waals surface area contributed by atoms with Crippen molar-refractivity contribution in [1.82, 2.24) is 0 Å². The summed E-state index contributed by atoms with van der Waals surface area (Å²) < 4.78 is 21.8. The first-order valence-electron chi connectivity index (χ1n) is 8.13. The van der Waals surface area contributed by atoms with Crippen LogP contribution in [0.15, 0.2) is 24.3 Å². The second-order valence-electron chi connectivity index (χ2n) is 5.59. The molecule has 0 aliphatic carbocycles. The van der Waals surface area contributed by atoms with Gasteiger partial charge in [0, 0.05) is 11.5 Å². The minimum Gasteiger partial charge on any atom is -0.471 e. The SMILES string of the molecule is O=C(Nc1ccccc1NC(=O)OCC1CSC(=S)O1)OCC1CSC(=S)O1. The molecule has 2 atom stereocenters. The third kappa shape index (κ3) is 6.40.